The summed E-state index contributed by atoms with van der Waals surface area (Å²) in [6.07, 6.45) is 13.9. The quantitative estimate of drug-likeness (QED) is 0.517. The maximum Gasteiger partial charge on any atom is 0.306 e. The van der Waals surface area contributed by atoms with E-state index in [0.29, 0.717) is 17.8 Å². The normalized spacial score (nSPS) is 26.8. The summed E-state index contributed by atoms with van der Waals surface area (Å²) in [6, 6.07) is 6.40. The van der Waals surface area contributed by atoms with E-state index in [1.807, 2.05) is 39.2 Å². The van der Waals surface area contributed by atoms with Crippen molar-refractivity contribution in [1.82, 2.24) is 9.97 Å². The number of carbonyl (C=O) groups excluding carboxylic acids is 2. The first kappa shape index (κ1) is 24.7. The number of anilines is 1. The highest BCUT2D eigenvalue weighted by Crippen LogP contribution is 2.63. The molecule has 0 bridgehead atoms. The van der Waals surface area contributed by atoms with Gasteiger partial charge in [0.05, 0.1) is 6.42 Å². The van der Waals surface area contributed by atoms with E-state index in [-0.39, 0.29) is 30.1 Å². The predicted octanol–water partition coefficient (Wildman–Crippen LogP) is 6.09. The Morgan fingerprint density at radius 2 is 1.92 bits per heavy atom. The molecule has 0 unspecified atom stereocenters. The molecule has 5 rings (SSSR count). The first-order chi connectivity index (χ1) is 17.1. The number of aryl methyl sites for hydroxylation is 1. The van der Waals surface area contributed by atoms with Crippen molar-refractivity contribution in [3.63, 3.8) is 0 Å². The van der Waals surface area contributed by atoms with Crippen molar-refractivity contribution in [2.75, 3.05) is 5.32 Å². The first-order valence-electron chi connectivity index (χ1n) is 13.2. The molecule has 6 nitrogen and oxygen atoms in total. The molecule has 1 amide bonds. The van der Waals surface area contributed by atoms with Crippen molar-refractivity contribution in [3.8, 4) is 0 Å². The van der Waals surface area contributed by atoms with Gasteiger partial charge in [0.2, 0.25) is 5.91 Å². The van der Waals surface area contributed by atoms with Gasteiger partial charge in [-0.1, -0.05) is 19.1 Å². The van der Waals surface area contributed by atoms with E-state index in [2.05, 4.69) is 40.4 Å². The van der Waals surface area contributed by atoms with E-state index < -0.39 is 5.60 Å². The molecule has 1 aromatic carbocycles. The number of allylic oxidation sites excluding steroid dienone is 2. The van der Waals surface area contributed by atoms with Crippen LogP contribution >= 0.6 is 0 Å². The average molecular weight is 488 g/mol. The molecule has 1 N–H and O–H groups in total. The Bertz CT molecular complexity index is 1180. The largest absolute Gasteiger partial charge is 0.460 e. The summed E-state index contributed by atoms with van der Waals surface area (Å²) in [7, 11) is 0. The van der Waals surface area contributed by atoms with Crippen LogP contribution in [0.25, 0.3) is 5.57 Å². The van der Waals surface area contributed by atoms with Crippen LogP contribution in [-0.4, -0.2) is 27.4 Å². The minimum absolute atomic E-state index is 0.0864. The lowest BCUT2D eigenvalue weighted by atomic mass is 9.54. The van der Waals surface area contributed by atoms with Crippen molar-refractivity contribution in [2.45, 2.75) is 84.2 Å². The molecule has 1 aromatic heterocycles. The molecule has 190 valence electrons. The first-order valence-corrected chi connectivity index (χ1v) is 13.2. The number of carbonyl (C=O) groups is 2. The number of esters is 1. The summed E-state index contributed by atoms with van der Waals surface area (Å²) >= 11 is 0. The van der Waals surface area contributed by atoms with Gasteiger partial charge in [-0.15, -0.1) is 0 Å². The third kappa shape index (κ3) is 4.82. The fourth-order valence-corrected chi connectivity index (χ4v) is 6.94. The Balaban J connectivity index is 1.24. The number of nitrogens with one attached hydrogen (secondary N) is 1. The number of fused-ring (bicyclic) bond motifs is 5. The molecule has 4 atom stereocenters. The summed E-state index contributed by atoms with van der Waals surface area (Å²) < 4.78 is 5.30. The van der Waals surface area contributed by atoms with E-state index in [1.54, 1.807) is 6.33 Å². The Morgan fingerprint density at radius 1 is 1.14 bits per heavy atom. The van der Waals surface area contributed by atoms with Gasteiger partial charge in [0, 0.05) is 30.1 Å². The van der Waals surface area contributed by atoms with Crippen LogP contribution in [0, 0.1) is 17.3 Å². The standard InChI is InChI=1S/C30H37N3O3/c1-29(2,3)36-28(35)12-11-27(34)33-21-6-8-22-19(15-21)5-7-24-23(22)13-14-30(4)25(9-10-26(24)30)20-16-31-18-32-17-20/h6,8-9,15-18,23-24,26H,5,7,10-14H2,1-4H3,(H,33,34)/t23-,24-,26+,30-/m1/s1. The fourth-order valence-electron chi connectivity index (χ4n) is 6.94. The molecule has 2 aromatic rings. The van der Waals surface area contributed by atoms with E-state index in [1.165, 1.54) is 41.5 Å². The molecule has 0 spiro atoms. The lowest BCUT2D eigenvalue weighted by Crippen LogP contribution is -2.40. The number of aromatic nitrogens is 2. The number of hydrogen-bond acceptors (Lipinski definition) is 5. The molecule has 3 aliphatic carbocycles. The van der Waals surface area contributed by atoms with Crippen LogP contribution in [0.1, 0.15) is 88.8 Å². The predicted molar refractivity (Wildman–Crippen MR) is 140 cm³/mol. The second kappa shape index (κ2) is 9.45. The molecule has 36 heavy (non-hydrogen) atoms. The van der Waals surface area contributed by atoms with Gasteiger partial charge in [-0.2, -0.15) is 0 Å². The smallest absolute Gasteiger partial charge is 0.306 e. The zero-order valence-electron chi connectivity index (χ0n) is 21.8. The highest BCUT2D eigenvalue weighted by atomic mass is 16.6. The minimum atomic E-state index is -0.535. The summed E-state index contributed by atoms with van der Waals surface area (Å²) in [4.78, 5) is 32.9. The van der Waals surface area contributed by atoms with Crippen LogP contribution in [0.15, 0.2) is 43.0 Å². The second-order valence-electron chi connectivity index (χ2n) is 11.9. The SMILES string of the molecule is CC(C)(C)OC(=O)CCC(=O)Nc1ccc2c(c1)CC[C@@H]1[C@@H]2CC[C@]2(C)C(c3cncnc3)=CC[C@@H]12. The van der Waals surface area contributed by atoms with Gasteiger partial charge in [0.25, 0.3) is 0 Å². The average Bonchev–Trinajstić information content (AvgIpc) is 3.19. The highest BCUT2D eigenvalue weighted by molar-refractivity contribution is 5.92. The number of hydrogen-bond donors (Lipinski definition) is 1. The number of nitrogens with zero attached hydrogens (tertiary/aromatic N) is 2. The van der Waals surface area contributed by atoms with E-state index in [9.17, 15) is 9.59 Å². The maximum atomic E-state index is 12.5. The van der Waals surface area contributed by atoms with Crippen LogP contribution in [-0.2, 0) is 20.7 Å². The van der Waals surface area contributed by atoms with E-state index >= 15 is 0 Å². The molecule has 0 aliphatic heterocycles. The lowest BCUT2D eigenvalue weighted by Gasteiger charge is -2.50. The Morgan fingerprint density at radius 3 is 2.67 bits per heavy atom. The fraction of sp³-hybridized carbons (Fsp3) is 0.533. The van der Waals surface area contributed by atoms with Gasteiger partial charge >= 0.3 is 5.97 Å². The van der Waals surface area contributed by atoms with Crippen molar-refractivity contribution < 1.29 is 14.3 Å². The monoisotopic (exact) mass is 487 g/mol. The molecule has 1 saturated carbocycles. The van der Waals surface area contributed by atoms with Gasteiger partial charge in [-0.25, -0.2) is 9.97 Å². The van der Waals surface area contributed by atoms with E-state index in [0.717, 1.165) is 18.5 Å². The van der Waals surface area contributed by atoms with Gasteiger partial charge in [-0.05, 0) is 105 Å². The summed E-state index contributed by atoms with van der Waals surface area (Å²) in [5, 5.41) is 2.98. The molecule has 0 radical (unpaired) electrons. The third-order valence-corrected chi connectivity index (χ3v) is 8.44. The summed E-state index contributed by atoms with van der Waals surface area (Å²) in [5.41, 5.74) is 5.88. The number of rotatable bonds is 5. The molecule has 3 aliphatic rings. The zero-order chi connectivity index (χ0) is 25.5. The Kier molecular flexibility index (Phi) is 6.48. The van der Waals surface area contributed by atoms with Crippen molar-refractivity contribution in [1.29, 1.82) is 0 Å². The zero-order valence-corrected chi connectivity index (χ0v) is 21.8. The number of amides is 1. The molecule has 0 saturated heterocycles. The van der Waals surface area contributed by atoms with Crippen molar-refractivity contribution in [3.05, 3.63) is 59.7 Å². The van der Waals surface area contributed by atoms with Gasteiger partial charge in [-0.3, -0.25) is 9.59 Å². The lowest BCUT2D eigenvalue weighted by molar-refractivity contribution is -0.155. The van der Waals surface area contributed by atoms with Gasteiger partial charge < -0.3 is 10.1 Å². The molecule has 6 heteroatoms. The topological polar surface area (TPSA) is 81.2 Å². The summed E-state index contributed by atoms with van der Waals surface area (Å²) in [5.74, 6) is 1.39. The number of benzene rings is 1. The van der Waals surface area contributed by atoms with Crippen molar-refractivity contribution >= 4 is 23.1 Å². The highest BCUT2D eigenvalue weighted by Gasteiger charge is 2.51. The van der Waals surface area contributed by atoms with Crippen LogP contribution in [0.3, 0.4) is 0 Å². The minimum Gasteiger partial charge on any atom is -0.460 e. The molecule has 1 heterocycles. The van der Waals surface area contributed by atoms with Gasteiger partial charge in [0.1, 0.15) is 11.9 Å². The van der Waals surface area contributed by atoms with Crippen LogP contribution in [0.2, 0.25) is 0 Å². The maximum absolute atomic E-state index is 12.5. The third-order valence-electron chi connectivity index (χ3n) is 8.44. The Hall–Kier alpha value is -3.02. The Labute approximate surface area is 214 Å². The molecular weight excluding hydrogens is 450 g/mol. The summed E-state index contributed by atoms with van der Waals surface area (Å²) in [6.45, 7) is 7.94. The second-order valence-corrected chi connectivity index (χ2v) is 11.9. The van der Waals surface area contributed by atoms with E-state index in [4.69, 9.17) is 4.74 Å². The molecular formula is C30H37N3O3. The number of ether oxygens (including phenoxy) is 1. The van der Waals surface area contributed by atoms with Crippen LogP contribution in [0.5, 0.6) is 0 Å². The van der Waals surface area contributed by atoms with Crippen LogP contribution < -0.4 is 5.32 Å². The van der Waals surface area contributed by atoms with Gasteiger partial charge in [0.15, 0.2) is 0 Å². The molecule has 1 fully saturated rings. The van der Waals surface area contributed by atoms with Crippen LogP contribution in [0.4, 0.5) is 5.69 Å². The van der Waals surface area contributed by atoms with Crippen molar-refractivity contribution in [2.24, 2.45) is 17.3 Å².